The molecule has 0 spiro atoms. The Morgan fingerprint density at radius 1 is 1.23 bits per heavy atom. The molecule has 0 bridgehead atoms. The average Bonchev–Trinajstić information content (AvgIpc) is 2.96. The second-order valence-electron chi connectivity index (χ2n) is 5.27. The first-order valence-corrected chi connectivity index (χ1v) is 7.27. The summed E-state index contributed by atoms with van der Waals surface area (Å²) < 4.78 is 41.9. The minimum Gasteiger partial charge on any atom is -0.488 e. The van der Waals surface area contributed by atoms with Crippen molar-refractivity contribution >= 4 is 11.6 Å². The van der Waals surface area contributed by atoms with E-state index in [2.05, 4.69) is 5.32 Å². The summed E-state index contributed by atoms with van der Waals surface area (Å²) in [7, 11) is 0. The predicted molar refractivity (Wildman–Crippen MR) is 76.9 cm³/mol. The monoisotopic (exact) mass is 316 g/mol. The highest BCUT2D eigenvalue weighted by atomic mass is 19.4. The lowest BCUT2D eigenvalue weighted by Crippen LogP contribution is -2.37. The second-order valence-corrected chi connectivity index (χ2v) is 5.27. The summed E-state index contributed by atoms with van der Waals surface area (Å²) >= 11 is 0. The summed E-state index contributed by atoms with van der Waals surface area (Å²) in [6, 6.07) is 7.12. The van der Waals surface area contributed by atoms with Crippen LogP contribution in [-0.4, -0.2) is 31.3 Å². The lowest BCUT2D eigenvalue weighted by Gasteiger charge is -2.17. The van der Waals surface area contributed by atoms with Gasteiger partial charge in [0.2, 0.25) is 5.91 Å². The van der Waals surface area contributed by atoms with E-state index in [1.165, 1.54) is 0 Å². The van der Waals surface area contributed by atoms with E-state index >= 15 is 0 Å². The van der Waals surface area contributed by atoms with Crippen molar-refractivity contribution in [1.29, 1.82) is 0 Å². The number of halogens is 3. The van der Waals surface area contributed by atoms with Crippen LogP contribution in [0.25, 0.3) is 0 Å². The average molecular weight is 316 g/mol. The third-order valence-corrected chi connectivity index (χ3v) is 3.41. The van der Waals surface area contributed by atoms with Gasteiger partial charge in [-0.25, -0.2) is 0 Å². The van der Waals surface area contributed by atoms with Crippen molar-refractivity contribution in [2.24, 2.45) is 0 Å². The molecule has 1 aromatic rings. The van der Waals surface area contributed by atoms with Crippen LogP contribution in [-0.2, 0) is 4.79 Å². The van der Waals surface area contributed by atoms with Gasteiger partial charge in [0.1, 0.15) is 12.3 Å². The molecule has 0 saturated heterocycles. The van der Waals surface area contributed by atoms with Gasteiger partial charge in [0.05, 0.1) is 18.3 Å². The van der Waals surface area contributed by atoms with Crippen LogP contribution in [0.1, 0.15) is 25.7 Å². The largest absolute Gasteiger partial charge is 0.488 e. The first kappa shape index (κ1) is 16.5. The summed E-state index contributed by atoms with van der Waals surface area (Å²) in [6.07, 6.45) is 0.0437. The summed E-state index contributed by atoms with van der Waals surface area (Å²) in [5.74, 6) is -0.0917. The van der Waals surface area contributed by atoms with Crippen LogP contribution in [0.3, 0.4) is 0 Å². The number of rotatable bonds is 6. The van der Waals surface area contributed by atoms with Gasteiger partial charge in [0.25, 0.3) is 0 Å². The molecule has 2 N–H and O–H groups in total. The molecule has 4 nitrogen and oxygen atoms in total. The number of ether oxygens (including phenoxy) is 1. The van der Waals surface area contributed by atoms with E-state index < -0.39 is 18.6 Å². The number of anilines is 1. The number of hydrogen-bond donors (Lipinski definition) is 2. The topological polar surface area (TPSA) is 50.4 Å². The molecule has 1 aliphatic rings. The molecule has 7 heteroatoms. The number of hydrogen-bond acceptors (Lipinski definition) is 3. The molecular weight excluding hydrogens is 297 g/mol. The molecule has 0 heterocycles. The Balaban J connectivity index is 1.85. The number of benzene rings is 1. The Kier molecular flexibility index (Phi) is 5.51. The van der Waals surface area contributed by atoms with E-state index in [-0.39, 0.29) is 12.6 Å². The number of alkyl halides is 3. The quantitative estimate of drug-likeness (QED) is 0.848. The zero-order valence-electron chi connectivity index (χ0n) is 12.1. The third kappa shape index (κ3) is 5.46. The van der Waals surface area contributed by atoms with Crippen LogP contribution >= 0.6 is 0 Å². The summed E-state index contributed by atoms with van der Waals surface area (Å²) in [5, 5.41) is 4.64. The first-order valence-electron chi connectivity index (χ1n) is 7.27. The van der Waals surface area contributed by atoms with Gasteiger partial charge in [-0.1, -0.05) is 12.1 Å². The van der Waals surface area contributed by atoms with Gasteiger partial charge in [-0.05, 0) is 37.8 Å². The van der Waals surface area contributed by atoms with E-state index in [0.717, 1.165) is 25.7 Å². The molecule has 0 aromatic heterocycles. The zero-order valence-corrected chi connectivity index (χ0v) is 12.1. The van der Waals surface area contributed by atoms with E-state index in [0.29, 0.717) is 11.4 Å². The predicted octanol–water partition coefficient (Wildman–Crippen LogP) is 3.10. The molecule has 122 valence electrons. The highest BCUT2D eigenvalue weighted by Gasteiger charge is 2.27. The summed E-state index contributed by atoms with van der Waals surface area (Å²) in [4.78, 5) is 11.4. The summed E-state index contributed by atoms with van der Waals surface area (Å²) in [6.45, 7) is -1.56. The molecule has 0 radical (unpaired) electrons. The molecule has 1 fully saturated rings. The third-order valence-electron chi connectivity index (χ3n) is 3.41. The van der Waals surface area contributed by atoms with Crippen LogP contribution in [0, 0.1) is 0 Å². The van der Waals surface area contributed by atoms with Crippen molar-refractivity contribution in [1.82, 2.24) is 5.32 Å². The van der Waals surface area contributed by atoms with Gasteiger partial charge in [0, 0.05) is 0 Å². The number of amides is 1. The lowest BCUT2D eigenvalue weighted by atomic mass is 10.2. The standard InChI is InChI=1S/C15H19F3N2O2/c16-15(17,18)10-20-14(21)9-19-12-7-3-4-8-13(12)22-11-5-1-2-6-11/h3-4,7-8,11,19H,1-2,5-6,9-10H2,(H,20,21). The normalized spacial score (nSPS) is 15.6. The Bertz CT molecular complexity index is 500. The SMILES string of the molecule is O=C(CNc1ccccc1OC1CCCC1)NCC(F)(F)F. The maximum atomic E-state index is 12.0. The molecule has 0 atom stereocenters. The fourth-order valence-electron chi connectivity index (χ4n) is 2.34. The van der Waals surface area contributed by atoms with Gasteiger partial charge in [-0.15, -0.1) is 0 Å². The van der Waals surface area contributed by atoms with Crippen LogP contribution in [0.4, 0.5) is 18.9 Å². The fourth-order valence-corrected chi connectivity index (χ4v) is 2.34. The van der Waals surface area contributed by atoms with Crippen LogP contribution in [0.2, 0.25) is 0 Å². The lowest BCUT2D eigenvalue weighted by molar-refractivity contribution is -0.137. The van der Waals surface area contributed by atoms with Crippen molar-refractivity contribution in [3.8, 4) is 5.75 Å². The van der Waals surface area contributed by atoms with E-state index in [9.17, 15) is 18.0 Å². The van der Waals surface area contributed by atoms with Crippen molar-refractivity contribution in [3.63, 3.8) is 0 Å². The van der Waals surface area contributed by atoms with Crippen molar-refractivity contribution in [2.75, 3.05) is 18.4 Å². The Labute approximate surface area is 127 Å². The first-order chi connectivity index (χ1) is 10.4. The molecule has 0 unspecified atom stereocenters. The van der Waals surface area contributed by atoms with Gasteiger partial charge in [0.15, 0.2) is 0 Å². The van der Waals surface area contributed by atoms with Crippen LogP contribution < -0.4 is 15.4 Å². The van der Waals surface area contributed by atoms with Gasteiger partial charge in [-0.2, -0.15) is 13.2 Å². The van der Waals surface area contributed by atoms with Gasteiger partial charge in [-0.3, -0.25) is 4.79 Å². The van der Waals surface area contributed by atoms with Crippen molar-refractivity contribution < 1.29 is 22.7 Å². The maximum Gasteiger partial charge on any atom is 0.405 e. The Morgan fingerprint density at radius 3 is 2.59 bits per heavy atom. The molecule has 2 rings (SSSR count). The van der Waals surface area contributed by atoms with Crippen molar-refractivity contribution in [3.05, 3.63) is 24.3 Å². The number of nitrogens with one attached hydrogen (secondary N) is 2. The zero-order chi connectivity index (χ0) is 16.0. The minimum atomic E-state index is -4.40. The van der Waals surface area contributed by atoms with Gasteiger partial charge < -0.3 is 15.4 Å². The van der Waals surface area contributed by atoms with Crippen LogP contribution in [0.15, 0.2) is 24.3 Å². The van der Waals surface area contributed by atoms with E-state index in [4.69, 9.17) is 4.74 Å². The van der Waals surface area contributed by atoms with Crippen LogP contribution in [0.5, 0.6) is 5.75 Å². The Morgan fingerprint density at radius 2 is 1.91 bits per heavy atom. The smallest absolute Gasteiger partial charge is 0.405 e. The molecule has 1 amide bonds. The highest BCUT2D eigenvalue weighted by molar-refractivity contribution is 5.81. The maximum absolute atomic E-state index is 12.0. The van der Waals surface area contributed by atoms with Crippen molar-refractivity contribution in [2.45, 2.75) is 38.0 Å². The number of carbonyl (C=O) groups is 1. The number of para-hydroxylation sites is 2. The van der Waals surface area contributed by atoms with E-state index in [1.807, 2.05) is 11.4 Å². The van der Waals surface area contributed by atoms with E-state index in [1.54, 1.807) is 18.2 Å². The molecule has 1 aliphatic carbocycles. The van der Waals surface area contributed by atoms with Gasteiger partial charge >= 0.3 is 6.18 Å². The molecular formula is C15H19F3N2O2. The number of carbonyl (C=O) groups excluding carboxylic acids is 1. The highest BCUT2D eigenvalue weighted by Crippen LogP contribution is 2.29. The Hall–Kier alpha value is -1.92. The molecule has 1 aromatic carbocycles. The minimum absolute atomic E-state index is 0.169. The molecule has 1 saturated carbocycles. The summed E-state index contributed by atoms with van der Waals surface area (Å²) in [5.41, 5.74) is 0.608. The fraction of sp³-hybridized carbons (Fsp3) is 0.533. The molecule has 22 heavy (non-hydrogen) atoms. The molecule has 0 aliphatic heterocycles. The second kappa shape index (κ2) is 7.38.